The maximum atomic E-state index is 11.9. The van der Waals surface area contributed by atoms with Crippen LogP contribution in [-0.2, 0) is 13.6 Å². The zero-order valence-corrected chi connectivity index (χ0v) is 22.6. The van der Waals surface area contributed by atoms with E-state index in [0.717, 1.165) is 6.29 Å². The molecule has 0 aromatic heterocycles. The molecule has 6 heteroatoms. The van der Waals surface area contributed by atoms with Gasteiger partial charge in [-0.2, -0.15) is 0 Å². The van der Waals surface area contributed by atoms with Gasteiger partial charge in [-0.05, 0) is 33.2 Å². The van der Waals surface area contributed by atoms with Crippen LogP contribution in [0.3, 0.4) is 0 Å². The van der Waals surface area contributed by atoms with Gasteiger partial charge in [0.1, 0.15) is 18.5 Å². The largest absolute Gasteiger partial charge is 0.413 e. The van der Waals surface area contributed by atoms with E-state index in [4.69, 9.17) is 8.85 Å². The molecule has 0 saturated heterocycles. The molecule has 4 nitrogen and oxygen atoms in total. The second kappa shape index (κ2) is 11.4. The van der Waals surface area contributed by atoms with Crippen molar-refractivity contribution in [3.8, 4) is 0 Å². The summed E-state index contributed by atoms with van der Waals surface area (Å²) in [5.74, 6) is 0. The Morgan fingerprint density at radius 1 is 0.679 bits per heavy atom. The first-order valence-electron chi connectivity index (χ1n) is 11.2. The summed E-state index contributed by atoms with van der Waals surface area (Å²) < 4.78 is 13.1. The summed E-state index contributed by atoms with van der Waals surface area (Å²) in [4.78, 5) is 11.9. The Hall–Kier alpha value is -0.0162. The number of hydrogen-bond acceptors (Lipinski definition) is 4. The molecule has 0 aromatic carbocycles. The molecule has 0 rings (SSSR count). The lowest BCUT2D eigenvalue weighted by atomic mass is 10.2. The fourth-order valence-corrected chi connectivity index (χ4v) is 16.6. The van der Waals surface area contributed by atoms with Gasteiger partial charge in [-0.15, -0.1) is 0 Å². The van der Waals surface area contributed by atoms with Gasteiger partial charge in [-0.25, -0.2) is 0 Å². The second-order valence-electron chi connectivity index (χ2n) is 10.2. The van der Waals surface area contributed by atoms with Crippen LogP contribution < -0.4 is 0 Å². The molecule has 1 N–H and O–H groups in total. The molecule has 0 saturated carbocycles. The highest BCUT2D eigenvalue weighted by Crippen LogP contribution is 2.44. The van der Waals surface area contributed by atoms with Crippen molar-refractivity contribution in [1.29, 1.82) is 0 Å². The highest BCUT2D eigenvalue weighted by molar-refractivity contribution is 6.78. The molecule has 0 bridgehead atoms. The summed E-state index contributed by atoms with van der Waals surface area (Å²) in [5, 5.41) is 10.9. The molecule has 0 unspecified atom stereocenters. The first kappa shape index (κ1) is 28.0. The summed E-state index contributed by atoms with van der Waals surface area (Å²) in [7, 11) is -4.34. The van der Waals surface area contributed by atoms with E-state index in [0.29, 0.717) is 33.2 Å². The van der Waals surface area contributed by atoms with Gasteiger partial charge in [0.15, 0.2) is 8.32 Å². The average Bonchev–Trinajstić information content (AvgIpc) is 2.54. The van der Waals surface area contributed by atoms with Crippen molar-refractivity contribution in [3.63, 3.8) is 0 Å². The molecule has 0 spiro atoms. The molecule has 0 aliphatic carbocycles. The van der Waals surface area contributed by atoms with Crippen LogP contribution in [0.2, 0.25) is 33.2 Å². The minimum Gasteiger partial charge on any atom is -0.413 e. The SMILES string of the molecule is CC(C)[Si](OC[C@@H](O)[C@@H](C=O)O[Si](C(C)C)(C(C)C)C(C)C)(C(C)C)C(C)C. The molecule has 0 aliphatic rings. The van der Waals surface area contributed by atoms with Gasteiger partial charge in [0.25, 0.3) is 0 Å². The van der Waals surface area contributed by atoms with Gasteiger partial charge >= 0.3 is 0 Å². The van der Waals surface area contributed by atoms with Crippen LogP contribution in [0, 0.1) is 0 Å². The van der Waals surface area contributed by atoms with Gasteiger partial charge < -0.3 is 18.8 Å². The number of hydrogen-bond donors (Lipinski definition) is 1. The molecule has 0 aliphatic heterocycles. The fourth-order valence-electron chi connectivity index (χ4n) is 5.67. The monoisotopic (exact) mass is 432 g/mol. The van der Waals surface area contributed by atoms with E-state index in [2.05, 4.69) is 83.1 Å². The molecular formula is C22H48O4Si2. The van der Waals surface area contributed by atoms with E-state index in [-0.39, 0.29) is 6.61 Å². The summed E-state index contributed by atoms with van der Waals surface area (Å²) >= 11 is 0. The van der Waals surface area contributed by atoms with Crippen molar-refractivity contribution in [2.24, 2.45) is 0 Å². The standard InChI is InChI=1S/C22H48O4Si2/c1-15(2)27(16(3)4,17(5)6)25-14-21(24)22(13-23)26-28(18(7)8,19(9)10)20(11)12/h13,15-22,24H,14H2,1-12H3/t21-,22-/m1/s1. The van der Waals surface area contributed by atoms with Crippen molar-refractivity contribution in [2.45, 2.75) is 129 Å². The van der Waals surface area contributed by atoms with Crippen LogP contribution in [0.4, 0.5) is 0 Å². The Balaban J connectivity index is 5.59. The molecule has 28 heavy (non-hydrogen) atoms. The molecule has 0 fully saturated rings. The van der Waals surface area contributed by atoms with Crippen LogP contribution in [0.5, 0.6) is 0 Å². The Kier molecular flexibility index (Phi) is 11.4. The number of rotatable bonds is 13. The fraction of sp³-hybridized carbons (Fsp3) is 0.955. The molecule has 2 atom stereocenters. The van der Waals surface area contributed by atoms with Crippen LogP contribution in [0.15, 0.2) is 0 Å². The topological polar surface area (TPSA) is 55.8 Å². The van der Waals surface area contributed by atoms with Gasteiger partial charge in [-0.1, -0.05) is 83.1 Å². The highest BCUT2D eigenvalue weighted by Gasteiger charge is 2.49. The molecule has 0 aromatic rings. The van der Waals surface area contributed by atoms with Crippen molar-refractivity contribution in [2.75, 3.05) is 6.61 Å². The van der Waals surface area contributed by atoms with E-state index >= 15 is 0 Å². The number of aldehydes is 1. The molecule has 0 amide bonds. The Morgan fingerprint density at radius 3 is 1.25 bits per heavy atom. The van der Waals surface area contributed by atoms with Crippen molar-refractivity contribution in [1.82, 2.24) is 0 Å². The van der Waals surface area contributed by atoms with E-state index in [1.165, 1.54) is 0 Å². The van der Waals surface area contributed by atoms with Crippen molar-refractivity contribution >= 4 is 22.9 Å². The first-order chi connectivity index (χ1) is 12.7. The van der Waals surface area contributed by atoms with Crippen LogP contribution in [0.1, 0.15) is 83.1 Å². The molecule has 168 valence electrons. The zero-order chi connectivity index (χ0) is 22.4. The number of aliphatic hydroxyl groups is 1. The van der Waals surface area contributed by atoms with E-state index < -0.39 is 28.8 Å². The molecule has 0 radical (unpaired) electrons. The normalized spacial score (nSPS) is 16.1. The summed E-state index contributed by atoms with van der Waals surface area (Å²) in [6.45, 7) is 26.6. The smallest absolute Gasteiger partial charge is 0.201 e. The third-order valence-corrected chi connectivity index (χ3v) is 18.9. The van der Waals surface area contributed by atoms with E-state index in [1.807, 2.05) is 0 Å². The quantitative estimate of drug-likeness (QED) is 0.274. The van der Waals surface area contributed by atoms with Gasteiger partial charge in [0.2, 0.25) is 8.32 Å². The van der Waals surface area contributed by atoms with E-state index in [1.54, 1.807) is 0 Å². The van der Waals surface area contributed by atoms with Gasteiger partial charge in [-0.3, -0.25) is 0 Å². The second-order valence-corrected chi connectivity index (χ2v) is 21.1. The number of aliphatic hydroxyl groups excluding tert-OH is 1. The Morgan fingerprint density at radius 2 is 1.00 bits per heavy atom. The molecular weight excluding hydrogens is 384 g/mol. The van der Waals surface area contributed by atoms with Crippen LogP contribution in [0.25, 0.3) is 0 Å². The lowest BCUT2D eigenvalue weighted by Gasteiger charge is -2.45. The van der Waals surface area contributed by atoms with Gasteiger partial charge in [0.05, 0.1) is 6.61 Å². The lowest BCUT2D eigenvalue weighted by Crippen LogP contribution is -2.55. The maximum absolute atomic E-state index is 11.9. The molecule has 0 heterocycles. The number of carbonyl (C=O) groups excluding carboxylic acids is 1. The highest BCUT2D eigenvalue weighted by atomic mass is 28.4. The number of carbonyl (C=O) groups is 1. The minimum absolute atomic E-state index is 0.170. The van der Waals surface area contributed by atoms with Gasteiger partial charge in [0, 0.05) is 0 Å². The van der Waals surface area contributed by atoms with Crippen molar-refractivity contribution < 1.29 is 18.8 Å². The van der Waals surface area contributed by atoms with Crippen LogP contribution >= 0.6 is 0 Å². The average molecular weight is 433 g/mol. The predicted octanol–water partition coefficient (Wildman–Crippen LogP) is 6.30. The van der Waals surface area contributed by atoms with Crippen LogP contribution in [-0.4, -0.2) is 46.8 Å². The summed E-state index contributed by atoms with van der Waals surface area (Å²) in [6, 6.07) is 0. The summed E-state index contributed by atoms with van der Waals surface area (Å²) in [5.41, 5.74) is 2.39. The maximum Gasteiger partial charge on any atom is 0.201 e. The predicted molar refractivity (Wildman–Crippen MR) is 125 cm³/mol. The Labute approximate surface area is 177 Å². The zero-order valence-electron chi connectivity index (χ0n) is 20.6. The van der Waals surface area contributed by atoms with Crippen molar-refractivity contribution in [3.05, 3.63) is 0 Å². The minimum atomic E-state index is -2.25. The third-order valence-electron chi connectivity index (χ3n) is 6.77. The first-order valence-corrected chi connectivity index (χ1v) is 15.4. The third kappa shape index (κ3) is 5.78. The summed E-state index contributed by atoms with van der Waals surface area (Å²) in [6.07, 6.45) is -0.965. The van der Waals surface area contributed by atoms with E-state index in [9.17, 15) is 9.90 Å². The Bertz CT molecular complexity index is 418. The lowest BCUT2D eigenvalue weighted by molar-refractivity contribution is -0.120.